The van der Waals surface area contributed by atoms with E-state index in [2.05, 4.69) is 21.2 Å². The summed E-state index contributed by atoms with van der Waals surface area (Å²) < 4.78 is 0.860. The van der Waals surface area contributed by atoms with Gasteiger partial charge in [0.25, 0.3) is 0 Å². The second kappa shape index (κ2) is 6.56. The van der Waals surface area contributed by atoms with Crippen LogP contribution in [0.5, 0.6) is 0 Å². The average molecular weight is 339 g/mol. The zero-order valence-electron chi connectivity index (χ0n) is 10.8. The van der Waals surface area contributed by atoms with Crippen molar-refractivity contribution in [3.63, 3.8) is 0 Å². The number of carboxylic acid groups (broad SMARTS) is 1. The molecule has 0 bridgehead atoms. The fourth-order valence-corrected chi connectivity index (χ4v) is 2.40. The fraction of sp³-hybridized carbons (Fsp3) is 0.286. The lowest BCUT2D eigenvalue weighted by atomic mass is 10.1. The molecule has 1 aromatic rings. The molecule has 106 valence electrons. The van der Waals surface area contributed by atoms with Gasteiger partial charge in [-0.05, 0) is 12.0 Å². The maximum Gasteiger partial charge on any atom is 0.408 e. The van der Waals surface area contributed by atoms with Crippen LogP contribution in [-0.4, -0.2) is 34.6 Å². The molecule has 0 unspecified atom stereocenters. The molecule has 0 radical (unpaired) electrons. The third-order valence-corrected chi connectivity index (χ3v) is 3.72. The number of benzene rings is 1. The minimum absolute atomic E-state index is 0.194. The van der Waals surface area contributed by atoms with Crippen molar-refractivity contribution in [3.05, 3.63) is 46.5 Å². The first-order valence-corrected chi connectivity index (χ1v) is 7.03. The second-order valence-corrected chi connectivity index (χ2v) is 5.53. The Hall–Kier alpha value is -1.82. The SMILES string of the molecule is O=C1NCC(Br)=CC[C@H]1N(Cc1ccccc1)C(=O)O. The Bertz CT molecular complexity index is 530. The van der Waals surface area contributed by atoms with Crippen molar-refractivity contribution in [2.24, 2.45) is 0 Å². The summed E-state index contributed by atoms with van der Waals surface area (Å²) in [6, 6.07) is 8.54. The van der Waals surface area contributed by atoms with Crippen molar-refractivity contribution in [3.8, 4) is 0 Å². The Morgan fingerprint density at radius 3 is 2.75 bits per heavy atom. The number of amides is 2. The first kappa shape index (κ1) is 14.6. The number of halogens is 1. The Morgan fingerprint density at radius 1 is 1.40 bits per heavy atom. The third kappa shape index (κ3) is 3.60. The standard InChI is InChI=1S/C14H15BrN2O3/c15-11-6-7-12(13(18)16-8-11)17(14(19)20)9-10-4-2-1-3-5-10/h1-6,12H,7-9H2,(H,16,18)(H,19,20)/t12-/m1/s1. The summed E-state index contributed by atoms with van der Waals surface area (Å²) in [6.07, 6.45) is 1.11. The van der Waals surface area contributed by atoms with Crippen molar-refractivity contribution in [2.45, 2.75) is 19.0 Å². The van der Waals surface area contributed by atoms with Gasteiger partial charge in [0.1, 0.15) is 6.04 Å². The van der Waals surface area contributed by atoms with Gasteiger partial charge in [0.05, 0.1) is 0 Å². The summed E-state index contributed by atoms with van der Waals surface area (Å²) in [4.78, 5) is 24.7. The van der Waals surface area contributed by atoms with Gasteiger partial charge >= 0.3 is 6.09 Å². The van der Waals surface area contributed by atoms with E-state index in [1.165, 1.54) is 4.90 Å². The summed E-state index contributed by atoms with van der Waals surface area (Å²) >= 11 is 3.33. The molecule has 0 aliphatic carbocycles. The Balaban J connectivity index is 2.19. The molecule has 1 aliphatic heterocycles. The fourth-order valence-electron chi connectivity index (χ4n) is 2.07. The minimum Gasteiger partial charge on any atom is -0.465 e. The molecule has 0 spiro atoms. The molecule has 0 saturated heterocycles. The molecule has 0 saturated carbocycles. The topological polar surface area (TPSA) is 69.6 Å². The van der Waals surface area contributed by atoms with Crippen LogP contribution in [0.3, 0.4) is 0 Å². The van der Waals surface area contributed by atoms with Crippen molar-refractivity contribution < 1.29 is 14.7 Å². The molecular weight excluding hydrogens is 324 g/mol. The number of hydrogen-bond acceptors (Lipinski definition) is 2. The lowest BCUT2D eigenvalue weighted by Gasteiger charge is -2.26. The lowest BCUT2D eigenvalue weighted by Crippen LogP contribution is -2.48. The Kier molecular flexibility index (Phi) is 4.79. The monoisotopic (exact) mass is 338 g/mol. The van der Waals surface area contributed by atoms with Crippen LogP contribution in [0.15, 0.2) is 40.9 Å². The molecule has 1 aliphatic rings. The zero-order chi connectivity index (χ0) is 14.5. The number of nitrogens with one attached hydrogen (secondary N) is 1. The van der Waals surface area contributed by atoms with Crippen LogP contribution >= 0.6 is 15.9 Å². The maximum absolute atomic E-state index is 12.0. The largest absolute Gasteiger partial charge is 0.465 e. The van der Waals surface area contributed by atoms with E-state index < -0.39 is 12.1 Å². The van der Waals surface area contributed by atoms with E-state index in [1.807, 2.05) is 36.4 Å². The van der Waals surface area contributed by atoms with Gasteiger partial charge in [0.2, 0.25) is 5.91 Å². The zero-order valence-corrected chi connectivity index (χ0v) is 12.3. The summed E-state index contributed by atoms with van der Waals surface area (Å²) in [7, 11) is 0. The molecule has 2 amide bonds. The van der Waals surface area contributed by atoms with Crippen molar-refractivity contribution in [1.29, 1.82) is 0 Å². The molecular formula is C14H15BrN2O3. The van der Waals surface area contributed by atoms with Crippen LogP contribution < -0.4 is 5.32 Å². The number of carbonyl (C=O) groups is 2. The van der Waals surface area contributed by atoms with Crippen molar-refractivity contribution >= 4 is 27.9 Å². The number of hydrogen-bond donors (Lipinski definition) is 2. The average Bonchev–Trinajstić information content (AvgIpc) is 2.60. The van der Waals surface area contributed by atoms with E-state index in [0.717, 1.165) is 10.0 Å². The highest BCUT2D eigenvalue weighted by atomic mass is 79.9. The minimum atomic E-state index is -1.10. The molecule has 1 atom stereocenters. The van der Waals surface area contributed by atoms with Crippen LogP contribution in [-0.2, 0) is 11.3 Å². The highest BCUT2D eigenvalue weighted by molar-refractivity contribution is 9.11. The van der Waals surface area contributed by atoms with Crippen LogP contribution in [0, 0.1) is 0 Å². The second-order valence-electron chi connectivity index (χ2n) is 4.52. The summed E-state index contributed by atoms with van der Waals surface area (Å²) in [5.41, 5.74) is 0.856. The van der Waals surface area contributed by atoms with Crippen LogP contribution in [0.4, 0.5) is 4.79 Å². The molecule has 20 heavy (non-hydrogen) atoms. The van der Waals surface area contributed by atoms with E-state index >= 15 is 0 Å². The van der Waals surface area contributed by atoms with Gasteiger partial charge in [0.15, 0.2) is 0 Å². The number of carbonyl (C=O) groups excluding carboxylic acids is 1. The van der Waals surface area contributed by atoms with E-state index in [0.29, 0.717) is 13.0 Å². The van der Waals surface area contributed by atoms with Gasteiger partial charge in [-0.3, -0.25) is 9.69 Å². The summed E-state index contributed by atoms with van der Waals surface area (Å²) in [5.74, 6) is -0.269. The molecule has 0 fully saturated rings. The molecule has 1 aromatic carbocycles. The first-order chi connectivity index (χ1) is 9.58. The highest BCUT2D eigenvalue weighted by Crippen LogP contribution is 2.17. The van der Waals surface area contributed by atoms with E-state index in [9.17, 15) is 14.7 Å². The third-order valence-electron chi connectivity index (χ3n) is 3.11. The quantitative estimate of drug-likeness (QED) is 0.888. The van der Waals surface area contributed by atoms with Gasteiger partial charge in [0, 0.05) is 17.6 Å². The predicted octanol–water partition coefficient (Wildman–Crippen LogP) is 2.33. The van der Waals surface area contributed by atoms with Crippen LogP contribution in [0.1, 0.15) is 12.0 Å². The summed E-state index contributed by atoms with van der Waals surface area (Å²) in [6.45, 7) is 0.591. The normalized spacial score (nSPS) is 18.8. The first-order valence-electron chi connectivity index (χ1n) is 6.23. The number of nitrogens with zero attached hydrogens (tertiary/aromatic N) is 1. The van der Waals surface area contributed by atoms with E-state index in [1.54, 1.807) is 0 Å². The molecule has 0 aromatic heterocycles. The van der Waals surface area contributed by atoms with Gasteiger partial charge in [-0.1, -0.05) is 52.3 Å². The Labute approximate surface area is 125 Å². The van der Waals surface area contributed by atoms with Crippen molar-refractivity contribution in [1.82, 2.24) is 10.2 Å². The van der Waals surface area contributed by atoms with Gasteiger partial charge < -0.3 is 10.4 Å². The van der Waals surface area contributed by atoms with Gasteiger partial charge in [-0.25, -0.2) is 4.79 Å². The van der Waals surface area contributed by atoms with Gasteiger partial charge in [-0.2, -0.15) is 0 Å². The van der Waals surface area contributed by atoms with Crippen molar-refractivity contribution in [2.75, 3.05) is 6.54 Å². The molecule has 1 heterocycles. The summed E-state index contributed by atoms with van der Waals surface area (Å²) in [5, 5.41) is 12.1. The van der Waals surface area contributed by atoms with Gasteiger partial charge in [-0.15, -0.1) is 0 Å². The number of rotatable bonds is 3. The van der Waals surface area contributed by atoms with Crippen LogP contribution in [0.2, 0.25) is 0 Å². The maximum atomic E-state index is 12.0. The molecule has 6 heteroatoms. The van der Waals surface area contributed by atoms with E-state index in [-0.39, 0.29) is 12.5 Å². The smallest absolute Gasteiger partial charge is 0.408 e. The lowest BCUT2D eigenvalue weighted by molar-refractivity contribution is -0.125. The highest BCUT2D eigenvalue weighted by Gasteiger charge is 2.30. The molecule has 2 rings (SSSR count). The van der Waals surface area contributed by atoms with E-state index in [4.69, 9.17) is 0 Å². The molecule has 5 nitrogen and oxygen atoms in total. The molecule has 2 N–H and O–H groups in total. The predicted molar refractivity (Wildman–Crippen MR) is 78.4 cm³/mol. The Morgan fingerprint density at radius 2 is 2.10 bits per heavy atom. The van der Waals surface area contributed by atoms with Crippen LogP contribution in [0.25, 0.3) is 0 Å².